The van der Waals surface area contributed by atoms with Crippen molar-refractivity contribution in [3.8, 4) is 0 Å². The van der Waals surface area contributed by atoms with E-state index >= 15 is 0 Å². The van der Waals surface area contributed by atoms with Crippen molar-refractivity contribution in [1.29, 1.82) is 0 Å². The Morgan fingerprint density at radius 1 is 1.30 bits per heavy atom. The first-order valence-electron chi connectivity index (χ1n) is 5.58. The third-order valence-corrected chi connectivity index (χ3v) is 3.49. The average molecular weight is 360 g/mol. The number of nitro benzene ring substituents is 1. The predicted octanol–water partition coefficient (Wildman–Crippen LogP) is 4.76. The van der Waals surface area contributed by atoms with E-state index in [9.17, 15) is 14.5 Å². The van der Waals surface area contributed by atoms with Gasteiger partial charge in [0.2, 0.25) is 0 Å². The first-order chi connectivity index (χ1) is 9.45. The molecule has 0 fully saturated rings. The zero-order chi connectivity index (χ0) is 14.7. The summed E-state index contributed by atoms with van der Waals surface area (Å²) in [6.45, 7) is 0.248. The van der Waals surface area contributed by atoms with Gasteiger partial charge in [0.05, 0.1) is 16.7 Å². The standard InChI is InChI=1S/C13H9BrClFN2O2/c14-12-2-1-9(15)5-13(12)17-7-8-3-10(16)6-11(4-8)18(19)20/h1-6,17H,7H2. The number of benzene rings is 2. The summed E-state index contributed by atoms with van der Waals surface area (Å²) >= 11 is 9.23. The van der Waals surface area contributed by atoms with Crippen LogP contribution in [-0.2, 0) is 6.54 Å². The highest BCUT2D eigenvalue weighted by Gasteiger charge is 2.10. The summed E-state index contributed by atoms with van der Waals surface area (Å²) in [5.74, 6) is -0.638. The van der Waals surface area contributed by atoms with Crippen LogP contribution in [0, 0.1) is 15.9 Å². The van der Waals surface area contributed by atoms with Crippen molar-refractivity contribution in [2.24, 2.45) is 0 Å². The summed E-state index contributed by atoms with van der Waals surface area (Å²) in [6, 6.07) is 8.67. The Morgan fingerprint density at radius 2 is 2.05 bits per heavy atom. The molecule has 0 aliphatic heterocycles. The molecule has 0 heterocycles. The molecule has 2 aromatic rings. The van der Waals surface area contributed by atoms with Gasteiger partial charge in [-0.2, -0.15) is 0 Å². The molecule has 0 aromatic heterocycles. The Hall–Kier alpha value is -1.66. The fourth-order valence-electron chi connectivity index (χ4n) is 1.67. The van der Waals surface area contributed by atoms with Crippen molar-refractivity contribution >= 4 is 38.9 Å². The van der Waals surface area contributed by atoms with E-state index in [4.69, 9.17) is 11.6 Å². The predicted molar refractivity (Wildman–Crippen MR) is 79.5 cm³/mol. The topological polar surface area (TPSA) is 55.2 Å². The molecule has 0 spiro atoms. The minimum absolute atomic E-state index is 0.248. The Morgan fingerprint density at radius 3 is 2.75 bits per heavy atom. The average Bonchev–Trinajstić information content (AvgIpc) is 2.39. The molecule has 0 saturated carbocycles. The lowest BCUT2D eigenvalue weighted by atomic mass is 10.2. The number of nitrogens with zero attached hydrogens (tertiary/aromatic N) is 1. The van der Waals surface area contributed by atoms with Gasteiger partial charge < -0.3 is 5.32 Å². The lowest BCUT2D eigenvalue weighted by molar-refractivity contribution is -0.385. The molecular formula is C13H9BrClFN2O2. The minimum atomic E-state index is -0.638. The molecule has 0 aliphatic carbocycles. The van der Waals surface area contributed by atoms with Crippen LogP contribution < -0.4 is 5.32 Å². The van der Waals surface area contributed by atoms with Gasteiger partial charge in [0.25, 0.3) is 5.69 Å². The molecule has 2 rings (SSSR count). The third-order valence-electron chi connectivity index (χ3n) is 2.56. The molecular weight excluding hydrogens is 351 g/mol. The molecule has 0 atom stereocenters. The highest BCUT2D eigenvalue weighted by Crippen LogP contribution is 2.26. The van der Waals surface area contributed by atoms with Crippen molar-refractivity contribution in [3.05, 3.63) is 67.4 Å². The van der Waals surface area contributed by atoms with Crippen LogP contribution in [-0.4, -0.2) is 4.92 Å². The van der Waals surface area contributed by atoms with E-state index in [1.165, 1.54) is 12.1 Å². The van der Waals surface area contributed by atoms with Crippen molar-refractivity contribution in [2.45, 2.75) is 6.54 Å². The molecule has 1 N–H and O–H groups in total. The van der Waals surface area contributed by atoms with E-state index in [1.807, 2.05) is 0 Å². The number of nitrogens with one attached hydrogen (secondary N) is 1. The second-order valence-corrected chi connectivity index (χ2v) is 5.34. The summed E-state index contributed by atoms with van der Waals surface area (Å²) in [6.07, 6.45) is 0. The molecule has 4 nitrogen and oxygen atoms in total. The van der Waals surface area contributed by atoms with Crippen LogP contribution in [0.4, 0.5) is 15.8 Å². The van der Waals surface area contributed by atoms with Gasteiger partial charge in [-0.05, 0) is 45.8 Å². The molecule has 0 unspecified atom stereocenters. The zero-order valence-electron chi connectivity index (χ0n) is 10.1. The fraction of sp³-hybridized carbons (Fsp3) is 0.0769. The van der Waals surface area contributed by atoms with Crippen molar-refractivity contribution in [3.63, 3.8) is 0 Å². The van der Waals surface area contributed by atoms with Crippen LogP contribution in [0.2, 0.25) is 5.02 Å². The van der Waals surface area contributed by atoms with Crippen LogP contribution in [0.5, 0.6) is 0 Å². The molecule has 0 amide bonds. The number of rotatable bonds is 4. The van der Waals surface area contributed by atoms with E-state index in [-0.39, 0.29) is 12.2 Å². The van der Waals surface area contributed by atoms with Crippen LogP contribution in [0.3, 0.4) is 0 Å². The normalized spacial score (nSPS) is 10.3. The van der Waals surface area contributed by atoms with Crippen molar-refractivity contribution in [2.75, 3.05) is 5.32 Å². The van der Waals surface area contributed by atoms with Crippen LogP contribution in [0.1, 0.15) is 5.56 Å². The van der Waals surface area contributed by atoms with Gasteiger partial charge in [0.15, 0.2) is 0 Å². The molecule has 0 saturated heterocycles. The second kappa shape index (κ2) is 6.19. The molecule has 104 valence electrons. The third kappa shape index (κ3) is 3.68. The molecule has 20 heavy (non-hydrogen) atoms. The highest BCUT2D eigenvalue weighted by atomic mass is 79.9. The van der Waals surface area contributed by atoms with E-state index < -0.39 is 10.7 Å². The van der Waals surface area contributed by atoms with Crippen LogP contribution in [0.25, 0.3) is 0 Å². The summed E-state index contributed by atoms with van der Waals surface area (Å²) in [5.41, 5.74) is 0.931. The zero-order valence-corrected chi connectivity index (χ0v) is 12.4. The summed E-state index contributed by atoms with van der Waals surface area (Å²) < 4.78 is 14.1. The van der Waals surface area contributed by atoms with Gasteiger partial charge in [-0.25, -0.2) is 4.39 Å². The van der Waals surface area contributed by atoms with E-state index in [2.05, 4.69) is 21.2 Å². The van der Waals surface area contributed by atoms with Gasteiger partial charge in [-0.15, -0.1) is 0 Å². The van der Waals surface area contributed by atoms with Gasteiger partial charge in [-0.3, -0.25) is 10.1 Å². The quantitative estimate of drug-likeness (QED) is 0.632. The number of nitro groups is 1. The van der Waals surface area contributed by atoms with Gasteiger partial charge in [0.1, 0.15) is 5.82 Å². The Kier molecular flexibility index (Phi) is 4.57. The smallest absolute Gasteiger partial charge is 0.272 e. The van der Waals surface area contributed by atoms with Gasteiger partial charge in [-0.1, -0.05) is 11.6 Å². The van der Waals surface area contributed by atoms with Gasteiger partial charge >= 0.3 is 0 Å². The van der Waals surface area contributed by atoms with Crippen molar-refractivity contribution < 1.29 is 9.31 Å². The molecule has 7 heteroatoms. The van der Waals surface area contributed by atoms with Gasteiger partial charge in [0, 0.05) is 22.1 Å². The SMILES string of the molecule is O=[N+]([O-])c1cc(F)cc(CNc2cc(Cl)ccc2Br)c1. The number of hydrogen-bond acceptors (Lipinski definition) is 3. The maximum absolute atomic E-state index is 13.3. The lowest BCUT2D eigenvalue weighted by Gasteiger charge is -2.09. The van der Waals surface area contributed by atoms with Crippen LogP contribution >= 0.6 is 27.5 Å². The highest BCUT2D eigenvalue weighted by molar-refractivity contribution is 9.10. The Labute approximate surface area is 127 Å². The largest absolute Gasteiger partial charge is 0.380 e. The molecule has 2 aromatic carbocycles. The number of anilines is 1. The van der Waals surface area contributed by atoms with E-state index in [0.717, 1.165) is 16.2 Å². The summed E-state index contributed by atoms with van der Waals surface area (Å²) in [4.78, 5) is 10.0. The minimum Gasteiger partial charge on any atom is -0.380 e. The summed E-state index contributed by atoms with van der Waals surface area (Å²) in [7, 11) is 0. The maximum atomic E-state index is 13.3. The first kappa shape index (κ1) is 14.7. The van der Waals surface area contributed by atoms with E-state index in [0.29, 0.717) is 10.6 Å². The monoisotopic (exact) mass is 358 g/mol. The Bertz CT molecular complexity index is 667. The fourth-order valence-corrected chi connectivity index (χ4v) is 2.23. The van der Waals surface area contributed by atoms with Crippen molar-refractivity contribution in [1.82, 2.24) is 0 Å². The molecule has 0 radical (unpaired) electrons. The molecule has 0 aliphatic rings. The number of halogens is 3. The number of hydrogen-bond donors (Lipinski definition) is 1. The second-order valence-electron chi connectivity index (χ2n) is 4.05. The maximum Gasteiger partial charge on any atom is 0.272 e. The Balaban J connectivity index is 2.18. The molecule has 0 bridgehead atoms. The first-order valence-corrected chi connectivity index (χ1v) is 6.75. The van der Waals surface area contributed by atoms with E-state index in [1.54, 1.807) is 18.2 Å². The lowest BCUT2D eigenvalue weighted by Crippen LogP contribution is -2.01. The van der Waals surface area contributed by atoms with Crippen LogP contribution in [0.15, 0.2) is 40.9 Å². The summed E-state index contributed by atoms with van der Waals surface area (Å²) in [5, 5.41) is 14.3. The number of non-ortho nitro benzene ring substituents is 1.